The monoisotopic (exact) mass is 231 g/mol. The predicted octanol–water partition coefficient (Wildman–Crippen LogP) is 0.869. The molecule has 0 amide bonds. The largest absolute Gasteiger partial charge is 0.465 e. The number of carbonyl (C=O) groups excluding carboxylic acids is 2. The second kappa shape index (κ2) is 8.10. The first-order valence-electron chi connectivity index (χ1n) is 5.66. The number of ether oxygens (including phenoxy) is 2. The molecule has 0 spiro atoms. The lowest BCUT2D eigenvalue weighted by Gasteiger charge is -2.19. The Morgan fingerprint density at radius 2 is 1.56 bits per heavy atom. The Morgan fingerprint density at radius 1 is 1.06 bits per heavy atom. The Hall–Kier alpha value is -1.10. The van der Waals surface area contributed by atoms with E-state index < -0.39 is 12.1 Å². The summed E-state index contributed by atoms with van der Waals surface area (Å²) in [5.41, 5.74) is 0. The Morgan fingerprint density at radius 3 is 2.00 bits per heavy atom. The van der Waals surface area contributed by atoms with Gasteiger partial charge in [-0.05, 0) is 27.2 Å². The standard InChI is InChI=1S/C11H21NO4/c1-5-9(11(14)16-7-3)12-8(4)10(13)15-6-2/h8-9,12H,5-7H2,1-4H3. The van der Waals surface area contributed by atoms with Crippen LogP contribution in [0.25, 0.3) is 0 Å². The van der Waals surface area contributed by atoms with Gasteiger partial charge in [0.15, 0.2) is 0 Å². The Labute approximate surface area is 96.5 Å². The molecule has 0 saturated heterocycles. The lowest BCUT2D eigenvalue weighted by Crippen LogP contribution is -2.46. The van der Waals surface area contributed by atoms with Crippen LogP contribution >= 0.6 is 0 Å². The fraction of sp³-hybridized carbons (Fsp3) is 0.818. The van der Waals surface area contributed by atoms with E-state index in [4.69, 9.17) is 9.47 Å². The first kappa shape index (κ1) is 14.9. The van der Waals surface area contributed by atoms with Crippen molar-refractivity contribution in [1.29, 1.82) is 0 Å². The molecule has 2 unspecified atom stereocenters. The zero-order valence-corrected chi connectivity index (χ0v) is 10.4. The third-order valence-corrected chi connectivity index (χ3v) is 2.07. The predicted molar refractivity (Wildman–Crippen MR) is 59.9 cm³/mol. The molecular weight excluding hydrogens is 210 g/mol. The lowest BCUT2D eigenvalue weighted by molar-refractivity contribution is -0.148. The molecule has 2 atom stereocenters. The SMILES string of the molecule is CCOC(=O)C(C)NC(CC)C(=O)OCC. The van der Waals surface area contributed by atoms with Gasteiger partial charge in [-0.1, -0.05) is 6.92 Å². The van der Waals surface area contributed by atoms with Crippen LogP contribution in [0.15, 0.2) is 0 Å². The smallest absolute Gasteiger partial charge is 0.323 e. The highest BCUT2D eigenvalue weighted by atomic mass is 16.5. The summed E-state index contributed by atoms with van der Waals surface area (Å²) in [6.07, 6.45) is 0.572. The van der Waals surface area contributed by atoms with Crippen molar-refractivity contribution in [3.05, 3.63) is 0 Å². The Bertz CT molecular complexity index is 230. The number of carbonyl (C=O) groups is 2. The highest BCUT2D eigenvalue weighted by Gasteiger charge is 2.23. The van der Waals surface area contributed by atoms with E-state index in [-0.39, 0.29) is 11.9 Å². The van der Waals surface area contributed by atoms with Gasteiger partial charge < -0.3 is 9.47 Å². The Kier molecular flexibility index (Phi) is 7.54. The minimum absolute atomic E-state index is 0.332. The molecule has 0 heterocycles. The lowest BCUT2D eigenvalue weighted by atomic mass is 10.2. The highest BCUT2D eigenvalue weighted by molar-refractivity contribution is 5.79. The molecule has 0 rings (SSSR count). The quantitative estimate of drug-likeness (QED) is 0.659. The summed E-state index contributed by atoms with van der Waals surface area (Å²) >= 11 is 0. The van der Waals surface area contributed by atoms with Gasteiger partial charge in [0.2, 0.25) is 0 Å². The van der Waals surface area contributed by atoms with Crippen LogP contribution in [0.4, 0.5) is 0 Å². The summed E-state index contributed by atoms with van der Waals surface area (Å²) in [5.74, 6) is -0.689. The molecule has 94 valence electrons. The van der Waals surface area contributed by atoms with Crippen molar-refractivity contribution in [3.8, 4) is 0 Å². The van der Waals surface area contributed by atoms with E-state index in [1.165, 1.54) is 0 Å². The average molecular weight is 231 g/mol. The van der Waals surface area contributed by atoms with Crippen LogP contribution in [0.2, 0.25) is 0 Å². The molecule has 5 heteroatoms. The van der Waals surface area contributed by atoms with Crippen molar-refractivity contribution in [2.24, 2.45) is 0 Å². The summed E-state index contributed by atoms with van der Waals surface area (Å²) < 4.78 is 9.72. The fourth-order valence-corrected chi connectivity index (χ4v) is 1.23. The molecule has 1 N–H and O–H groups in total. The van der Waals surface area contributed by atoms with E-state index in [1.807, 2.05) is 6.92 Å². The van der Waals surface area contributed by atoms with Crippen LogP contribution in [0.3, 0.4) is 0 Å². The van der Waals surface area contributed by atoms with Crippen molar-refractivity contribution in [2.75, 3.05) is 13.2 Å². The number of hydrogen-bond donors (Lipinski definition) is 1. The third-order valence-electron chi connectivity index (χ3n) is 2.07. The van der Waals surface area contributed by atoms with Gasteiger partial charge in [-0.3, -0.25) is 14.9 Å². The molecule has 0 radical (unpaired) electrons. The van der Waals surface area contributed by atoms with Crippen LogP contribution in [0, 0.1) is 0 Å². The zero-order valence-electron chi connectivity index (χ0n) is 10.4. The fourth-order valence-electron chi connectivity index (χ4n) is 1.23. The van der Waals surface area contributed by atoms with Crippen LogP contribution in [0.5, 0.6) is 0 Å². The van der Waals surface area contributed by atoms with Crippen molar-refractivity contribution in [1.82, 2.24) is 5.32 Å². The van der Waals surface area contributed by atoms with E-state index in [9.17, 15) is 9.59 Å². The summed E-state index contributed by atoms with van der Waals surface area (Å²) in [4.78, 5) is 22.8. The van der Waals surface area contributed by atoms with Gasteiger partial charge in [-0.25, -0.2) is 0 Å². The van der Waals surface area contributed by atoms with Gasteiger partial charge in [0.05, 0.1) is 13.2 Å². The van der Waals surface area contributed by atoms with Gasteiger partial charge in [-0.15, -0.1) is 0 Å². The summed E-state index contributed by atoms with van der Waals surface area (Å²) in [6.45, 7) is 7.69. The maximum Gasteiger partial charge on any atom is 0.323 e. The molecule has 0 aliphatic rings. The van der Waals surface area contributed by atoms with Crippen LogP contribution in [0.1, 0.15) is 34.1 Å². The highest BCUT2D eigenvalue weighted by Crippen LogP contribution is 1.99. The molecule has 0 aromatic rings. The van der Waals surface area contributed by atoms with E-state index in [0.29, 0.717) is 19.6 Å². The van der Waals surface area contributed by atoms with Crippen molar-refractivity contribution in [2.45, 2.75) is 46.2 Å². The van der Waals surface area contributed by atoms with Crippen molar-refractivity contribution < 1.29 is 19.1 Å². The van der Waals surface area contributed by atoms with Crippen molar-refractivity contribution in [3.63, 3.8) is 0 Å². The number of rotatable bonds is 7. The summed E-state index contributed by atoms with van der Waals surface area (Å²) in [7, 11) is 0. The number of nitrogens with one attached hydrogen (secondary N) is 1. The van der Waals surface area contributed by atoms with Gasteiger partial charge in [0.1, 0.15) is 12.1 Å². The molecule has 0 aromatic carbocycles. The maximum absolute atomic E-state index is 11.5. The maximum atomic E-state index is 11.5. The molecule has 5 nitrogen and oxygen atoms in total. The van der Waals surface area contributed by atoms with E-state index >= 15 is 0 Å². The van der Waals surface area contributed by atoms with Crippen LogP contribution < -0.4 is 5.32 Å². The zero-order chi connectivity index (χ0) is 12.6. The average Bonchev–Trinajstić information content (AvgIpc) is 2.26. The first-order valence-corrected chi connectivity index (χ1v) is 5.66. The second-order valence-electron chi connectivity index (χ2n) is 3.35. The molecule has 16 heavy (non-hydrogen) atoms. The molecule has 0 bridgehead atoms. The minimum atomic E-state index is -0.505. The summed E-state index contributed by atoms with van der Waals surface area (Å²) in [5, 5.41) is 2.89. The molecule has 0 fully saturated rings. The summed E-state index contributed by atoms with van der Waals surface area (Å²) in [6, 6.07) is -0.964. The van der Waals surface area contributed by atoms with Gasteiger partial charge >= 0.3 is 11.9 Å². The molecule has 0 aliphatic carbocycles. The van der Waals surface area contributed by atoms with Gasteiger partial charge in [0.25, 0.3) is 0 Å². The third kappa shape index (κ3) is 5.11. The van der Waals surface area contributed by atoms with E-state index in [0.717, 1.165) is 0 Å². The van der Waals surface area contributed by atoms with Crippen molar-refractivity contribution >= 4 is 11.9 Å². The topological polar surface area (TPSA) is 64.6 Å². The molecular formula is C11H21NO4. The van der Waals surface area contributed by atoms with Gasteiger partial charge in [0, 0.05) is 0 Å². The minimum Gasteiger partial charge on any atom is -0.465 e. The normalized spacial score (nSPS) is 14.0. The first-order chi connectivity index (χ1) is 7.56. The number of hydrogen-bond acceptors (Lipinski definition) is 5. The molecule has 0 aliphatic heterocycles. The second-order valence-corrected chi connectivity index (χ2v) is 3.35. The van der Waals surface area contributed by atoms with E-state index in [1.54, 1.807) is 20.8 Å². The Balaban J connectivity index is 4.20. The number of esters is 2. The van der Waals surface area contributed by atoms with Crippen LogP contribution in [-0.4, -0.2) is 37.2 Å². The van der Waals surface area contributed by atoms with Crippen LogP contribution in [-0.2, 0) is 19.1 Å². The molecule has 0 aromatic heterocycles. The van der Waals surface area contributed by atoms with Gasteiger partial charge in [-0.2, -0.15) is 0 Å². The molecule has 0 saturated carbocycles. The van der Waals surface area contributed by atoms with E-state index in [2.05, 4.69) is 5.32 Å².